The van der Waals surface area contributed by atoms with Crippen LogP contribution in [-0.4, -0.2) is 37.2 Å². The second kappa shape index (κ2) is 61.6. The Hall–Kier alpha value is -1.59. The maximum absolute atomic E-state index is 12.9. The molecule has 0 aromatic heterocycles. The molecule has 0 aliphatic carbocycles. The van der Waals surface area contributed by atoms with Gasteiger partial charge in [0.15, 0.2) is 6.10 Å². The normalized spacial score (nSPS) is 12.4. The molecule has 6 nitrogen and oxygen atoms in total. The number of carbonyl (C=O) groups excluding carboxylic acids is 3. The minimum atomic E-state index is -0.764. The molecule has 0 saturated carbocycles. The fourth-order valence-corrected chi connectivity index (χ4v) is 10.8. The van der Waals surface area contributed by atoms with Crippen molar-refractivity contribution in [1.82, 2.24) is 0 Å². The minimum Gasteiger partial charge on any atom is -0.462 e. The summed E-state index contributed by atoms with van der Waals surface area (Å²) in [5.74, 6) is 0.933. The molecule has 1 unspecified atom stereocenters. The molecule has 0 saturated heterocycles. The van der Waals surface area contributed by atoms with E-state index in [4.69, 9.17) is 14.2 Å². The quantitative estimate of drug-likeness (QED) is 0.0343. The third-order valence-electron chi connectivity index (χ3n) is 16.3. The van der Waals surface area contributed by atoms with E-state index in [9.17, 15) is 14.4 Å². The van der Waals surface area contributed by atoms with Crippen molar-refractivity contribution in [2.45, 2.75) is 400 Å². The van der Waals surface area contributed by atoms with E-state index in [0.717, 1.165) is 69.6 Å². The maximum Gasteiger partial charge on any atom is 0.306 e. The van der Waals surface area contributed by atoms with Crippen LogP contribution in [0.4, 0.5) is 0 Å². The monoisotopic (exact) mass is 1060 g/mol. The van der Waals surface area contributed by atoms with Crippen LogP contribution in [-0.2, 0) is 28.6 Å². The molecule has 0 spiro atoms. The van der Waals surface area contributed by atoms with Crippen molar-refractivity contribution in [1.29, 1.82) is 0 Å². The molecule has 0 fully saturated rings. The van der Waals surface area contributed by atoms with E-state index >= 15 is 0 Å². The molecule has 0 heterocycles. The van der Waals surface area contributed by atoms with Crippen molar-refractivity contribution in [3.63, 3.8) is 0 Å². The van der Waals surface area contributed by atoms with Crippen molar-refractivity contribution in [3.8, 4) is 0 Å². The van der Waals surface area contributed by atoms with Gasteiger partial charge in [-0.3, -0.25) is 14.4 Å². The van der Waals surface area contributed by atoms with Gasteiger partial charge in [0, 0.05) is 19.3 Å². The van der Waals surface area contributed by atoms with Gasteiger partial charge in [-0.05, 0) is 31.1 Å². The fraction of sp³-hybridized carbons (Fsp3) is 0.957. The molecular weight excluding hydrogens is 925 g/mol. The average Bonchev–Trinajstić information content (AvgIpc) is 3.40. The largest absolute Gasteiger partial charge is 0.462 e. The molecule has 0 aromatic rings. The first-order valence-electron chi connectivity index (χ1n) is 34.3. The van der Waals surface area contributed by atoms with E-state index in [0.29, 0.717) is 19.3 Å². The zero-order valence-corrected chi connectivity index (χ0v) is 51.7. The van der Waals surface area contributed by atoms with Crippen LogP contribution in [0.25, 0.3) is 0 Å². The predicted molar refractivity (Wildman–Crippen MR) is 326 cm³/mol. The van der Waals surface area contributed by atoms with Crippen molar-refractivity contribution < 1.29 is 28.6 Å². The van der Waals surface area contributed by atoms with Crippen molar-refractivity contribution >= 4 is 17.9 Å². The SMILES string of the molecule is CCCCCCCCCCCCCCCCCCCC(=O)OC[C@H](COC(=O)CCCCCCCCCCCCCCCCCC(C)C)OC(=O)CCCCCCCCCCCCCCCCCCCCC(C)CC. The van der Waals surface area contributed by atoms with Gasteiger partial charge in [0.2, 0.25) is 0 Å². The van der Waals surface area contributed by atoms with E-state index in [1.807, 2.05) is 0 Å². The summed E-state index contributed by atoms with van der Waals surface area (Å²) >= 11 is 0. The van der Waals surface area contributed by atoms with Crippen LogP contribution in [0.5, 0.6) is 0 Å². The van der Waals surface area contributed by atoms with Gasteiger partial charge in [-0.1, -0.05) is 356 Å². The van der Waals surface area contributed by atoms with E-state index in [-0.39, 0.29) is 31.1 Å². The van der Waals surface area contributed by atoms with Gasteiger partial charge in [0.1, 0.15) is 13.2 Å². The molecule has 2 atom stereocenters. The molecule has 0 aromatic carbocycles. The Morgan fingerprint density at radius 3 is 0.760 bits per heavy atom. The first kappa shape index (κ1) is 73.4. The first-order chi connectivity index (χ1) is 36.8. The molecule has 0 rings (SSSR count). The summed E-state index contributed by atoms with van der Waals surface area (Å²) in [5, 5.41) is 0. The van der Waals surface area contributed by atoms with Gasteiger partial charge in [-0.25, -0.2) is 0 Å². The summed E-state index contributed by atoms with van der Waals surface area (Å²) in [6.07, 6.45) is 69.6. The lowest BCUT2D eigenvalue weighted by atomic mass is 9.99. The average molecular weight is 1060 g/mol. The van der Waals surface area contributed by atoms with Gasteiger partial charge in [-0.15, -0.1) is 0 Å². The summed E-state index contributed by atoms with van der Waals surface area (Å²) in [5.41, 5.74) is 0. The minimum absolute atomic E-state index is 0.0613. The highest BCUT2D eigenvalue weighted by molar-refractivity contribution is 5.71. The number of hydrogen-bond donors (Lipinski definition) is 0. The van der Waals surface area contributed by atoms with Gasteiger partial charge in [0.25, 0.3) is 0 Å². The molecule has 0 amide bonds. The molecule has 75 heavy (non-hydrogen) atoms. The van der Waals surface area contributed by atoms with Gasteiger partial charge in [0.05, 0.1) is 0 Å². The Labute approximate surface area is 469 Å². The molecule has 6 heteroatoms. The van der Waals surface area contributed by atoms with E-state index in [2.05, 4.69) is 34.6 Å². The van der Waals surface area contributed by atoms with Crippen LogP contribution in [0, 0.1) is 11.8 Å². The molecule has 446 valence electrons. The Morgan fingerprint density at radius 2 is 0.507 bits per heavy atom. The number of unbranched alkanes of at least 4 members (excludes halogenated alkanes) is 47. The van der Waals surface area contributed by atoms with E-state index < -0.39 is 6.10 Å². The van der Waals surface area contributed by atoms with Crippen molar-refractivity contribution in [3.05, 3.63) is 0 Å². The van der Waals surface area contributed by atoms with Crippen LogP contribution < -0.4 is 0 Å². The summed E-state index contributed by atoms with van der Waals surface area (Å²) in [4.78, 5) is 38.4. The molecule has 0 aliphatic rings. The van der Waals surface area contributed by atoms with Crippen LogP contribution >= 0.6 is 0 Å². The lowest BCUT2D eigenvalue weighted by Gasteiger charge is -2.18. The maximum atomic E-state index is 12.9. The van der Waals surface area contributed by atoms with E-state index in [1.165, 1.54) is 283 Å². The summed E-state index contributed by atoms with van der Waals surface area (Å²) < 4.78 is 17.0. The topological polar surface area (TPSA) is 78.9 Å². The van der Waals surface area contributed by atoms with Crippen molar-refractivity contribution in [2.75, 3.05) is 13.2 Å². The summed E-state index contributed by atoms with van der Waals surface area (Å²) in [7, 11) is 0. The second-order valence-corrected chi connectivity index (χ2v) is 24.5. The zero-order chi connectivity index (χ0) is 54.6. The molecule has 0 radical (unpaired) electrons. The Bertz CT molecular complexity index is 1150. The summed E-state index contributed by atoms with van der Waals surface area (Å²) in [6, 6.07) is 0. The number of ether oxygens (including phenoxy) is 3. The zero-order valence-electron chi connectivity index (χ0n) is 51.7. The predicted octanol–water partition coefficient (Wildman–Crippen LogP) is 23.2. The number of rotatable bonds is 63. The lowest BCUT2D eigenvalue weighted by molar-refractivity contribution is -0.167. The fourth-order valence-electron chi connectivity index (χ4n) is 10.8. The number of esters is 3. The van der Waals surface area contributed by atoms with Crippen LogP contribution in [0.3, 0.4) is 0 Å². The van der Waals surface area contributed by atoms with Crippen LogP contribution in [0.2, 0.25) is 0 Å². The molecule has 0 N–H and O–H groups in total. The molecular formula is C69H134O6. The molecule has 0 aliphatic heterocycles. The standard InChI is InChI=1S/C69H134O6/c1-6-8-9-10-11-12-13-14-15-18-24-29-34-39-44-49-54-59-67(70)73-62-66(63-74-68(71)60-55-50-45-40-35-30-26-21-22-27-32-37-42-47-52-57-64(3)4)75-69(72)61-56-51-46-41-36-31-25-20-17-16-19-23-28-33-38-43-48-53-58-65(5)7-2/h64-66H,6-63H2,1-5H3/t65?,66-/m1/s1. The highest BCUT2D eigenvalue weighted by atomic mass is 16.6. The highest BCUT2D eigenvalue weighted by Crippen LogP contribution is 2.20. The highest BCUT2D eigenvalue weighted by Gasteiger charge is 2.20. The van der Waals surface area contributed by atoms with Crippen LogP contribution in [0.1, 0.15) is 394 Å². The van der Waals surface area contributed by atoms with Gasteiger partial charge < -0.3 is 14.2 Å². The Morgan fingerprint density at radius 1 is 0.280 bits per heavy atom. The smallest absolute Gasteiger partial charge is 0.306 e. The third kappa shape index (κ3) is 61.5. The third-order valence-corrected chi connectivity index (χ3v) is 16.3. The van der Waals surface area contributed by atoms with Gasteiger partial charge >= 0.3 is 17.9 Å². The lowest BCUT2D eigenvalue weighted by Crippen LogP contribution is -2.30. The Kier molecular flexibility index (Phi) is 60.3. The number of hydrogen-bond acceptors (Lipinski definition) is 6. The second-order valence-electron chi connectivity index (χ2n) is 24.5. The molecule has 0 bridgehead atoms. The van der Waals surface area contributed by atoms with Gasteiger partial charge in [-0.2, -0.15) is 0 Å². The van der Waals surface area contributed by atoms with Crippen LogP contribution in [0.15, 0.2) is 0 Å². The first-order valence-corrected chi connectivity index (χ1v) is 34.3. The summed E-state index contributed by atoms with van der Waals surface area (Å²) in [6.45, 7) is 11.5. The number of carbonyl (C=O) groups is 3. The Balaban J connectivity index is 4.28. The van der Waals surface area contributed by atoms with E-state index in [1.54, 1.807) is 0 Å². The van der Waals surface area contributed by atoms with Crippen molar-refractivity contribution in [2.24, 2.45) is 11.8 Å².